The van der Waals surface area contributed by atoms with Crippen LogP contribution in [0.5, 0.6) is 11.5 Å². The number of nitrogens with zero attached hydrogens (tertiary/aromatic N) is 2. The van der Waals surface area contributed by atoms with Gasteiger partial charge < -0.3 is 14.4 Å². The first-order chi connectivity index (χ1) is 14.2. The van der Waals surface area contributed by atoms with Crippen molar-refractivity contribution in [1.29, 1.82) is 0 Å². The van der Waals surface area contributed by atoms with Crippen LogP contribution in [0.15, 0.2) is 48.8 Å². The topological polar surface area (TPSA) is 51.7 Å². The van der Waals surface area contributed by atoms with E-state index in [-0.39, 0.29) is 5.91 Å². The van der Waals surface area contributed by atoms with Crippen molar-refractivity contribution in [3.63, 3.8) is 0 Å². The molecular weight excluding hydrogens is 364 g/mol. The molecule has 0 unspecified atom stereocenters. The van der Waals surface area contributed by atoms with Gasteiger partial charge in [-0.25, -0.2) is 0 Å². The molecule has 5 rings (SSSR count). The summed E-state index contributed by atoms with van der Waals surface area (Å²) in [6, 6.07) is 12.5. The first kappa shape index (κ1) is 17.7. The monoisotopic (exact) mass is 386 g/mol. The molecule has 3 heterocycles. The van der Waals surface area contributed by atoms with Gasteiger partial charge in [-0.05, 0) is 65.4 Å². The highest BCUT2D eigenvalue weighted by Gasteiger charge is 2.31. The maximum atomic E-state index is 12.2. The Balaban J connectivity index is 1.56. The predicted molar refractivity (Wildman–Crippen MR) is 113 cm³/mol. The van der Waals surface area contributed by atoms with Gasteiger partial charge in [-0.1, -0.05) is 6.07 Å². The third-order valence-corrected chi connectivity index (χ3v) is 5.84. The largest absolute Gasteiger partial charge is 0.493 e. The second kappa shape index (κ2) is 6.92. The van der Waals surface area contributed by atoms with Gasteiger partial charge in [0.1, 0.15) is 0 Å². The van der Waals surface area contributed by atoms with Crippen molar-refractivity contribution in [1.82, 2.24) is 4.98 Å². The summed E-state index contributed by atoms with van der Waals surface area (Å²) in [5.41, 5.74) is 7.96. The molecule has 2 aromatic carbocycles. The van der Waals surface area contributed by atoms with Crippen molar-refractivity contribution < 1.29 is 14.3 Å². The molecule has 2 aliphatic rings. The number of pyridine rings is 1. The van der Waals surface area contributed by atoms with Gasteiger partial charge in [0.2, 0.25) is 5.91 Å². The average Bonchev–Trinajstić information content (AvgIpc) is 3.21. The van der Waals surface area contributed by atoms with Gasteiger partial charge in [-0.15, -0.1) is 0 Å². The Morgan fingerprint density at radius 2 is 1.52 bits per heavy atom. The number of amides is 1. The third kappa shape index (κ3) is 2.94. The number of aromatic nitrogens is 1. The van der Waals surface area contributed by atoms with Crippen LogP contribution in [0.4, 0.5) is 5.69 Å². The van der Waals surface area contributed by atoms with E-state index in [1.165, 1.54) is 11.1 Å². The van der Waals surface area contributed by atoms with Crippen molar-refractivity contribution >= 4 is 11.6 Å². The zero-order chi connectivity index (χ0) is 20.0. The molecule has 1 amide bonds. The quantitative estimate of drug-likeness (QED) is 0.672. The molecular formula is C24H22N2O3. The maximum absolute atomic E-state index is 12.2. The molecule has 0 fully saturated rings. The van der Waals surface area contributed by atoms with Gasteiger partial charge in [0, 0.05) is 36.5 Å². The summed E-state index contributed by atoms with van der Waals surface area (Å²) in [6.07, 6.45) is 6.10. The van der Waals surface area contributed by atoms with Crippen LogP contribution in [-0.2, 0) is 17.6 Å². The van der Waals surface area contributed by atoms with Gasteiger partial charge in [-0.3, -0.25) is 9.78 Å². The fourth-order valence-corrected chi connectivity index (χ4v) is 4.40. The zero-order valence-corrected chi connectivity index (χ0v) is 16.6. The first-order valence-corrected chi connectivity index (χ1v) is 9.82. The van der Waals surface area contributed by atoms with E-state index < -0.39 is 0 Å². The second-order valence-electron chi connectivity index (χ2n) is 7.47. The van der Waals surface area contributed by atoms with Gasteiger partial charge >= 0.3 is 0 Å². The molecule has 1 aromatic heterocycles. The minimum absolute atomic E-state index is 0.251. The maximum Gasteiger partial charge on any atom is 0.227 e. The number of carbonyl (C=O) groups is 1. The standard InChI is InChI=1S/C24H22N2O3/c1-28-21-5-3-15(12-22(21)29-2)19-11-20(14-25-13-19)18-9-16-4-6-23(27)26-8-7-17(10-18)24(16)26/h3,5,9-14H,4,6-8H2,1-2H3. The van der Waals surface area contributed by atoms with Crippen LogP contribution in [0.25, 0.3) is 22.3 Å². The Morgan fingerprint density at radius 1 is 0.793 bits per heavy atom. The van der Waals surface area contributed by atoms with Gasteiger partial charge in [0.05, 0.1) is 19.9 Å². The molecule has 0 spiro atoms. The van der Waals surface area contributed by atoms with E-state index in [1.54, 1.807) is 14.2 Å². The van der Waals surface area contributed by atoms with Crippen molar-refractivity contribution in [2.75, 3.05) is 25.7 Å². The molecule has 0 aliphatic carbocycles. The molecule has 29 heavy (non-hydrogen) atoms. The van der Waals surface area contributed by atoms with E-state index in [1.807, 2.05) is 35.5 Å². The molecule has 5 heteroatoms. The molecule has 0 N–H and O–H groups in total. The normalized spacial score (nSPS) is 14.7. The van der Waals surface area contributed by atoms with E-state index in [9.17, 15) is 4.79 Å². The minimum Gasteiger partial charge on any atom is -0.493 e. The van der Waals surface area contributed by atoms with Crippen molar-refractivity contribution in [2.24, 2.45) is 0 Å². The molecule has 5 nitrogen and oxygen atoms in total. The van der Waals surface area contributed by atoms with Crippen LogP contribution in [0.3, 0.4) is 0 Å². The van der Waals surface area contributed by atoms with Crippen molar-refractivity contribution in [2.45, 2.75) is 19.3 Å². The Hall–Kier alpha value is -3.34. The Labute approximate surface area is 169 Å². The number of hydrogen-bond donors (Lipinski definition) is 0. The van der Waals surface area contributed by atoms with Gasteiger partial charge in [0.25, 0.3) is 0 Å². The lowest BCUT2D eigenvalue weighted by molar-refractivity contribution is -0.118. The number of benzene rings is 2. The molecule has 0 radical (unpaired) electrons. The van der Waals surface area contributed by atoms with Crippen LogP contribution in [0, 0.1) is 0 Å². The summed E-state index contributed by atoms with van der Waals surface area (Å²) in [7, 11) is 3.27. The lowest BCUT2D eigenvalue weighted by atomic mass is 9.93. The highest BCUT2D eigenvalue weighted by Crippen LogP contribution is 2.40. The van der Waals surface area contributed by atoms with Gasteiger partial charge in [-0.2, -0.15) is 0 Å². The lowest BCUT2D eigenvalue weighted by Crippen LogP contribution is -2.32. The van der Waals surface area contributed by atoms with Crippen LogP contribution < -0.4 is 14.4 Å². The van der Waals surface area contributed by atoms with Crippen molar-refractivity contribution in [3.05, 3.63) is 59.9 Å². The van der Waals surface area contributed by atoms with E-state index in [4.69, 9.17) is 9.47 Å². The lowest BCUT2D eigenvalue weighted by Gasteiger charge is -2.25. The number of methoxy groups -OCH3 is 2. The molecule has 3 aromatic rings. The average molecular weight is 386 g/mol. The summed E-state index contributed by atoms with van der Waals surface area (Å²) in [6.45, 7) is 0.800. The molecule has 0 saturated heterocycles. The van der Waals surface area contributed by atoms with Crippen LogP contribution in [-0.4, -0.2) is 31.7 Å². The first-order valence-electron chi connectivity index (χ1n) is 9.82. The fourth-order valence-electron chi connectivity index (χ4n) is 4.40. The van der Waals surface area contributed by atoms with E-state index in [0.717, 1.165) is 47.3 Å². The number of ether oxygens (including phenoxy) is 2. The molecule has 0 saturated carbocycles. The van der Waals surface area contributed by atoms with Crippen LogP contribution in [0.1, 0.15) is 17.5 Å². The van der Waals surface area contributed by atoms with Crippen LogP contribution in [0.2, 0.25) is 0 Å². The molecule has 2 aliphatic heterocycles. The van der Waals surface area contributed by atoms with Crippen LogP contribution >= 0.6 is 0 Å². The molecule has 0 atom stereocenters. The highest BCUT2D eigenvalue weighted by molar-refractivity contribution is 5.99. The zero-order valence-electron chi connectivity index (χ0n) is 16.6. The van der Waals surface area contributed by atoms with E-state index in [2.05, 4.69) is 23.2 Å². The van der Waals surface area contributed by atoms with E-state index in [0.29, 0.717) is 17.9 Å². The van der Waals surface area contributed by atoms with Crippen molar-refractivity contribution in [3.8, 4) is 33.8 Å². The summed E-state index contributed by atoms with van der Waals surface area (Å²) < 4.78 is 10.8. The number of rotatable bonds is 4. The van der Waals surface area contributed by atoms with Gasteiger partial charge in [0.15, 0.2) is 11.5 Å². The fraction of sp³-hybridized carbons (Fsp3) is 0.250. The number of anilines is 1. The summed E-state index contributed by atoms with van der Waals surface area (Å²) in [5.74, 6) is 1.65. The Morgan fingerprint density at radius 3 is 2.28 bits per heavy atom. The summed E-state index contributed by atoms with van der Waals surface area (Å²) in [4.78, 5) is 18.6. The Kier molecular flexibility index (Phi) is 4.23. The SMILES string of the molecule is COc1ccc(-c2cncc(-c3cc4c5c(c3)CCN5C(=O)CC4)c2)cc1OC. The second-order valence-corrected chi connectivity index (χ2v) is 7.47. The number of hydrogen-bond acceptors (Lipinski definition) is 4. The number of aryl methyl sites for hydroxylation is 1. The summed E-state index contributed by atoms with van der Waals surface area (Å²) in [5, 5.41) is 0. The number of carbonyl (C=O) groups excluding carboxylic acids is 1. The highest BCUT2D eigenvalue weighted by atomic mass is 16.5. The smallest absolute Gasteiger partial charge is 0.227 e. The minimum atomic E-state index is 0.251. The molecule has 0 bridgehead atoms. The third-order valence-electron chi connectivity index (χ3n) is 5.84. The predicted octanol–water partition coefficient (Wildman–Crippen LogP) is 4.27. The molecule has 146 valence electrons. The summed E-state index contributed by atoms with van der Waals surface area (Å²) >= 11 is 0. The van der Waals surface area contributed by atoms with E-state index >= 15 is 0 Å². The Bertz CT molecular complexity index is 1120.